The number of hydrogen-bond donors (Lipinski definition) is 1. The summed E-state index contributed by atoms with van der Waals surface area (Å²) < 4.78 is 16.2. The van der Waals surface area contributed by atoms with E-state index < -0.39 is 0 Å². The standard InChI is InChI=1S/C14H23NO3/c1-12(11-16-3)17-8-9-18-14-7-5-4-6-13(14)10-15-2/h4-7,12,15H,8-11H2,1-3H3. The summed E-state index contributed by atoms with van der Waals surface area (Å²) in [5, 5.41) is 3.12. The van der Waals surface area contributed by atoms with E-state index in [-0.39, 0.29) is 6.10 Å². The van der Waals surface area contributed by atoms with Crippen LogP contribution in [-0.4, -0.2) is 40.1 Å². The Labute approximate surface area is 109 Å². The maximum atomic E-state index is 5.71. The van der Waals surface area contributed by atoms with Gasteiger partial charge in [0.1, 0.15) is 12.4 Å². The van der Waals surface area contributed by atoms with Gasteiger partial charge in [-0.05, 0) is 20.0 Å². The molecule has 1 atom stereocenters. The molecule has 0 heterocycles. The zero-order valence-corrected chi connectivity index (χ0v) is 11.4. The topological polar surface area (TPSA) is 39.7 Å². The molecule has 4 heteroatoms. The average Bonchev–Trinajstić information content (AvgIpc) is 2.37. The minimum atomic E-state index is 0.103. The molecule has 1 N–H and O–H groups in total. The second-order valence-electron chi connectivity index (χ2n) is 4.12. The van der Waals surface area contributed by atoms with Crippen LogP contribution in [0.4, 0.5) is 0 Å². The van der Waals surface area contributed by atoms with Gasteiger partial charge in [0.25, 0.3) is 0 Å². The highest BCUT2D eigenvalue weighted by Crippen LogP contribution is 2.17. The van der Waals surface area contributed by atoms with E-state index in [1.54, 1.807) is 7.11 Å². The first kappa shape index (κ1) is 15.0. The quantitative estimate of drug-likeness (QED) is 0.682. The summed E-state index contributed by atoms with van der Waals surface area (Å²) >= 11 is 0. The van der Waals surface area contributed by atoms with Gasteiger partial charge in [-0.2, -0.15) is 0 Å². The fourth-order valence-corrected chi connectivity index (χ4v) is 1.66. The molecule has 0 radical (unpaired) electrons. The number of methoxy groups -OCH3 is 1. The molecule has 4 nitrogen and oxygen atoms in total. The van der Waals surface area contributed by atoms with E-state index in [4.69, 9.17) is 14.2 Å². The van der Waals surface area contributed by atoms with Gasteiger partial charge in [-0.15, -0.1) is 0 Å². The molecule has 0 saturated heterocycles. The average molecular weight is 253 g/mol. The van der Waals surface area contributed by atoms with Gasteiger partial charge in [0.2, 0.25) is 0 Å². The Morgan fingerprint density at radius 2 is 2.00 bits per heavy atom. The molecule has 1 rings (SSSR count). The Bertz CT molecular complexity index is 331. The van der Waals surface area contributed by atoms with Crippen molar-refractivity contribution >= 4 is 0 Å². The number of rotatable bonds is 9. The van der Waals surface area contributed by atoms with Crippen LogP contribution in [0.15, 0.2) is 24.3 Å². The maximum Gasteiger partial charge on any atom is 0.123 e. The summed E-state index contributed by atoms with van der Waals surface area (Å²) in [6, 6.07) is 8.02. The predicted molar refractivity (Wildman–Crippen MR) is 72.0 cm³/mol. The van der Waals surface area contributed by atoms with E-state index >= 15 is 0 Å². The van der Waals surface area contributed by atoms with Gasteiger partial charge in [0.05, 0.1) is 19.3 Å². The smallest absolute Gasteiger partial charge is 0.123 e. The Morgan fingerprint density at radius 1 is 1.22 bits per heavy atom. The molecule has 0 aliphatic rings. The van der Waals surface area contributed by atoms with Gasteiger partial charge >= 0.3 is 0 Å². The van der Waals surface area contributed by atoms with Crippen molar-refractivity contribution < 1.29 is 14.2 Å². The van der Waals surface area contributed by atoms with Crippen molar-refractivity contribution in [2.45, 2.75) is 19.6 Å². The highest BCUT2D eigenvalue weighted by atomic mass is 16.5. The number of hydrogen-bond acceptors (Lipinski definition) is 4. The molecule has 1 aromatic carbocycles. The van der Waals surface area contributed by atoms with Crippen molar-refractivity contribution in [1.29, 1.82) is 0 Å². The van der Waals surface area contributed by atoms with Crippen LogP contribution >= 0.6 is 0 Å². The lowest BCUT2D eigenvalue weighted by molar-refractivity contribution is -0.00223. The molecule has 0 fully saturated rings. The zero-order valence-electron chi connectivity index (χ0n) is 11.4. The maximum absolute atomic E-state index is 5.71. The monoisotopic (exact) mass is 253 g/mol. The third kappa shape index (κ3) is 5.49. The summed E-state index contributed by atoms with van der Waals surface area (Å²) in [4.78, 5) is 0. The van der Waals surface area contributed by atoms with Crippen molar-refractivity contribution in [2.24, 2.45) is 0 Å². The summed E-state index contributed by atoms with van der Waals surface area (Å²) in [5.74, 6) is 0.912. The first-order chi connectivity index (χ1) is 8.77. The van der Waals surface area contributed by atoms with Crippen LogP contribution in [0.3, 0.4) is 0 Å². The van der Waals surface area contributed by atoms with E-state index in [1.165, 1.54) is 0 Å². The van der Waals surface area contributed by atoms with Crippen LogP contribution in [0.1, 0.15) is 12.5 Å². The summed E-state index contributed by atoms with van der Waals surface area (Å²) in [5.41, 5.74) is 1.16. The molecule has 0 spiro atoms. The Balaban J connectivity index is 2.30. The van der Waals surface area contributed by atoms with Crippen LogP contribution in [0.5, 0.6) is 5.75 Å². The lowest BCUT2D eigenvalue weighted by atomic mass is 10.2. The van der Waals surface area contributed by atoms with E-state index in [1.807, 2.05) is 32.2 Å². The minimum Gasteiger partial charge on any atom is -0.491 e. The molecule has 0 aromatic heterocycles. The number of benzene rings is 1. The molecule has 102 valence electrons. The summed E-state index contributed by atoms with van der Waals surface area (Å²) in [7, 11) is 3.59. The Hall–Kier alpha value is -1.10. The highest BCUT2D eigenvalue weighted by Gasteiger charge is 2.03. The number of nitrogens with one attached hydrogen (secondary N) is 1. The van der Waals surface area contributed by atoms with Gasteiger partial charge in [-0.3, -0.25) is 0 Å². The van der Waals surface area contributed by atoms with Crippen molar-refractivity contribution in [3.63, 3.8) is 0 Å². The fraction of sp³-hybridized carbons (Fsp3) is 0.571. The lowest BCUT2D eigenvalue weighted by Crippen LogP contribution is -2.19. The molecule has 0 saturated carbocycles. The van der Waals surface area contributed by atoms with E-state index in [2.05, 4.69) is 11.4 Å². The van der Waals surface area contributed by atoms with Gasteiger partial charge in [-0.1, -0.05) is 18.2 Å². The summed E-state index contributed by atoms with van der Waals surface area (Å²) in [6.45, 7) is 4.51. The molecule has 18 heavy (non-hydrogen) atoms. The van der Waals surface area contributed by atoms with Crippen molar-refractivity contribution in [3.8, 4) is 5.75 Å². The third-order valence-corrected chi connectivity index (χ3v) is 2.48. The van der Waals surface area contributed by atoms with Crippen LogP contribution in [0, 0.1) is 0 Å². The highest BCUT2D eigenvalue weighted by molar-refractivity contribution is 5.33. The van der Waals surface area contributed by atoms with Gasteiger partial charge in [0.15, 0.2) is 0 Å². The van der Waals surface area contributed by atoms with Crippen LogP contribution in [0.25, 0.3) is 0 Å². The number of ether oxygens (including phenoxy) is 3. The molecular formula is C14H23NO3. The minimum absolute atomic E-state index is 0.103. The SMILES string of the molecule is CNCc1ccccc1OCCOC(C)COC. The molecule has 1 aromatic rings. The third-order valence-electron chi connectivity index (χ3n) is 2.48. The normalized spacial score (nSPS) is 12.4. The molecule has 1 unspecified atom stereocenters. The Morgan fingerprint density at radius 3 is 2.72 bits per heavy atom. The molecular weight excluding hydrogens is 230 g/mol. The first-order valence-corrected chi connectivity index (χ1v) is 6.23. The second kappa shape index (κ2) is 8.91. The lowest BCUT2D eigenvalue weighted by Gasteiger charge is -2.14. The van der Waals surface area contributed by atoms with E-state index in [0.717, 1.165) is 17.9 Å². The van der Waals surface area contributed by atoms with Gasteiger partial charge in [0, 0.05) is 19.2 Å². The molecule has 0 bridgehead atoms. The second-order valence-corrected chi connectivity index (χ2v) is 4.12. The van der Waals surface area contributed by atoms with Gasteiger partial charge < -0.3 is 19.5 Å². The van der Waals surface area contributed by atoms with Crippen LogP contribution in [-0.2, 0) is 16.0 Å². The molecule has 0 aliphatic carbocycles. The van der Waals surface area contributed by atoms with Gasteiger partial charge in [-0.25, -0.2) is 0 Å². The first-order valence-electron chi connectivity index (χ1n) is 6.23. The number of para-hydroxylation sites is 1. The van der Waals surface area contributed by atoms with Crippen LogP contribution < -0.4 is 10.1 Å². The van der Waals surface area contributed by atoms with Crippen LogP contribution in [0.2, 0.25) is 0 Å². The Kier molecular flexibility index (Phi) is 7.41. The largest absolute Gasteiger partial charge is 0.491 e. The summed E-state index contributed by atoms with van der Waals surface area (Å²) in [6.07, 6.45) is 0.103. The van der Waals surface area contributed by atoms with E-state index in [0.29, 0.717) is 19.8 Å². The van der Waals surface area contributed by atoms with E-state index in [9.17, 15) is 0 Å². The van der Waals surface area contributed by atoms with Crippen molar-refractivity contribution in [2.75, 3.05) is 34.0 Å². The zero-order chi connectivity index (χ0) is 13.2. The molecule has 0 amide bonds. The molecule has 0 aliphatic heterocycles. The predicted octanol–water partition coefficient (Wildman–Crippen LogP) is 1.84. The van der Waals surface area contributed by atoms with Crippen molar-refractivity contribution in [3.05, 3.63) is 29.8 Å². The van der Waals surface area contributed by atoms with Crippen molar-refractivity contribution in [1.82, 2.24) is 5.32 Å². The fourth-order valence-electron chi connectivity index (χ4n) is 1.66.